The highest BCUT2D eigenvalue weighted by Gasteiger charge is 2.66. The van der Waals surface area contributed by atoms with Gasteiger partial charge in [-0.05, 0) is 117 Å². The van der Waals surface area contributed by atoms with Gasteiger partial charge in [0.15, 0.2) is 0 Å². The first-order valence-corrected chi connectivity index (χ1v) is 14.8. The third-order valence-corrected chi connectivity index (χ3v) is 12.7. The Bertz CT molecular complexity index is 718. The Morgan fingerprint density at radius 2 is 1.45 bits per heavy atom. The first-order valence-electron chi connectivity index (χ1n) is 14.8. The Hall–Kier alpha value is -0.0800. The molecule has 4 saturated carbocycles. The van der Waals surface area contributed by atoms with Crippen LogP contribution in [0.2, 0.25) is 0 Å². The highest BCUT2D eigenvalue weighted by molar-refractivity contribution is 5.16. The molecular formula is C31H54O2. The van der Waals surface area contributed by atoms with Gasteiger partial charge < -0.3 is 9.47 Å². The molecule has 0 amide bonds. The molecule has 10 atom stereocenters. The molecule has 0 radical (unpaired) electrons. The highest BCUT2D eigenvalue weighted by atomic mass is 16.6. The molecule has 1 heterocycles. The molecule has 2 unspecified atom stereocenters. The average Bonchev–Trinajstić information content (AvgIpc) is 3.09. The van der Waals surface area contributed by atoms with Crippen molar-refractivity contribution >= 4 is 0 Å². The summed E-state index contributed by atoms with van der Waals surface area (Å²) < 4.78 is 13.0. The van der Waals surface area contributed by atoms with Crippen molar-refractivity contribution in [2.75, 3.05) is 13.2 Å². The third-order valence-electron chi connectivity index (χ3n) is 12.7. The van der Waals surface area contributed by atoms with Crippen LogP contribution in [0, 0.1) is 52.3 Å². The summed E-state index contributed by atoms with van der Waals surface area (Å²) in [6, 6.07) is 0. The molecule has 0 aromatic rings. The maximum atomic E-state index is 6.55. The van der Waals surface area contributed by atoms with E-state index in [9.17, 15) is 0 Å². The second-order valence-electron chi connectivity index (χ2n) is 14.7. The van der Waals surface area contributed by atoms with Gasteiger partial charge in [-0.1, -0.05) is 53.9 Å². The Morgan fingerprint density at radius 1 is 0.758 bits per heavy atom. The maximum Gasteiger partial charge on any atom is 0.0946 e. The zero-order valence-electron chi connectivity index (χ0n) is 23.1. The molecule has 2 nitrogen and oxygen atoms in total. The zero-order chi connectivity index (χ0) is 23.6. The second-order valence-corrected chi connectivity index (χ2v) is 14.7. The van der Waals surface area contributed by atoms with Crippen molar-refractivity contribution in [1.29, 1.82) is 0 Å². The molecule has 5 rings (SSSR count). The molecule has 0 bridgehead atoms. The minimum atomic E-state index is -0.109. The van der Waals surface area contributed by atoms with Crippen molar-refractivity contribution in [2.24, 2.45) is 52.3 Å². The van der Waals surface area contributed by atoms with Crippen LogP contribution in [0.5, 0.6) is 0 Å². The monoisotopic (exact) mass is 458 g/mol. The Labute approximate surface area is 205 Å². The van der Waals surface area contributed by atoms with Crippen molar-refractivity contribution in [3.8, 4) is 0 Å². The van der Waals surface area contributed by atoms with E-state index in [0.29, 0.717) is 10.8 Å². The summed E-state index contributed by atoms with van der Waals surface area (Å²) in [4.78, 5) is 0. The fourth-order valence-electron chi connectivity index (χ4n) is 10.7. The van der Waals surface area contributed by atoms with Crippen LogP contribution in [-0.2, 0) is 9.47 Å². The quantitative estimate of drug-likeness (QED) is 0.412. The van der Waals surface area contributed by atoms with Crippen LogP contribution < -0.4 is 0 Å². The van der Waals surface area contributed by atoms with Gasteiger partial charge in [-0.25, -0.2) is 0 Å². The fourth-order valence-corrected chi connectivity index (χ4v) is 10.7. The van der Waals surface area contributed by atoms with Gasteiger partial charge in [0.2, 0.25) is 0 Å². The van der Waals surface area contributed by atoms with Gasteiger partial charge in [-0.3, -0.25) is 0 Å². The summed E-state index contributed by atoms with van der Waals surface area (Å²) in [5.74, 6) is 6.36. The largest absolute Gasteiger partial charge is 0.370 e. The highest BCUT2D eigenvalue weighted by Crippen LogP contribution is 2.70. The second kappa shape index (κ2) is 8.50. The smallest absolute Gasteiger partial charge is 0.0946 e. The lowest BCUT2D eigenvalue weighted by molar-refractivity contribution is -0.300. The van der Waals surface area contributed by atoms with Crippen LogP contribution in [0.1, 0.15) is 119 Å². The summed E-state index contributed by atoms with van der Waals surface area (Å²) in [5, 5.41) is 0. The predicted molar refractivity (Wildman–Crippen MR) is 137 cm³/mol. The summed E-state index contributed by atoms with van der Waals surface area (Å²) >= 11 is 0. The average molecular weight is 459 g/mol. The molecule has 1 saturated heterocycles. The molecule has 0 N–H and O–H groups in total. The minimum absolute atomic E-state index is 0.0880. The van der Waals surface area contributed by atoms with E-state index in [1.807, 2.05) is 0 Å². The van der Waals surface area contributed by atoms with Crippen molar-refractivity contribution in [3.63, 3.8) is 0 Å². The molecule has 5 fully saturated rings. The molecule has 0 spiro atoms. The van der Waals surface area contributed by atoms with Gasteiger partial charge >= 0.3 is 0 Å². The van der Waals surface area contributed by atoms with Gasteiger partial charge in [0, 0.05) is 0 Å². The molecular weight excluding hydrogens is 404 g/mol. The third kappa shape index (κ3) is 3.78. The Kier molecular flexibility index (Phi) is 6.34. The molecule has 0 aromatic heterocycles. The van der Waals surface area contributed by atoms with Crippen LogP contribution in [0.4, 0.5) is 0 Å². The Morgan fingerprint density at radius 3 is 2.18 bits per heavy atom. The minimum Gasteiger partial charge on any atom is -0.370 e. The van der Waals surface area contributed by atoms with E-state index in [1.165, 1.54) is 70.6 Å². The first-order chi connectivity index (χ1) is 15.5. The zero-order valence-corrected chi connectivity index (χ0v) is 23.1. The lowest BCUT2D eigenvalue weighted by atomic mass is 9.42. The van der Waals surface area contributed by atoms with Crippen molar-refractivity contribution in [2.45, 2.75) is 130 Å². The molecule has 33 heavy (non-hydrogen) atoms. The standard InChI is InChI=1S/C31H54O2/c1-21(2)9-8-10-22(3)25-13-14-26-24-12-11-23-19-30(6)31(7,33-18-17-32-30)20-29(23,5)27(24)15-16-28(25,26)4/h21-27H,8-20H2,1-7H3/t22-,23+,24?,25-,26+,27?,28-,29+,30-,31+/m1/s1. The van der Waals surface area contributed by atoms with E-state index < -0.39 is 0 Å². The van der Waals surface area contributed by atoms with E-state index in [1.54, 1.807) is 0 Å². The molecule has 0 aromatic carbocycles. The SMILES string of the molecule is CC(C)CCC[C@@H](C)[C@H]1CC[C@H]2C3CC[C@H]4C[C@@]5(C)OCCO[C@@]5(C)C[C@]4(C)C3CC[C@]12C. The van der Waals surface area contributed by atoms with Crippen molar-refractivity contribution in [3.05, 3.63) is 0 Å². The summed E-state index contributed by atoms with van der Waals surface area (Å²) in [5.41, 5.74) is 0.830. The van der Waals surface area contributed by atoms with E-state index in [0.717, 1.165) is 54.6 Å². The Balaban J connectivity index is 1.33. The van der Waals surface area contributed by atoms with Gasteiger partial charge in [0.05, 0.1) is 24.4 Å². The van der Waals surface area contributed by atoms with Gasteiger partial charge in [0.1, 0.15) is 0 Å². The van der Waals surface area contributed by atoms with Crippen LogP contribution >= 0.6 is 0 Å². The number of fused-ring (bicyclic) bond motifs is 6. The molecule has 190 valence electrons. The number of hydrogen-bond acceptors (Lipinski definition) is 2. The van der Waals surface area contributed by atoms with E-state index in [2.05, 4.69) is 48.5 Å². The van der Waals surface area contributed by atoms with E-state index in [4.69, 9.17) is 9.47 Å². The van der Waals surface area contributed by atoms with Crippen LogP contribution in [0.3, 0.4) is 0 Å². The molecule has 4 aliphatic carbocycles. The molecule has 1 aliphatic heterocycles. The summed E-state index contributed by atoms with van der Waals surface area (Å²) in [6.07, 6.45) is 15.6. The van der Waals surface area contributed by atoms with E-state index in [-0.39, 0.29) is 11.2 Å². The molecule has 5 aliphatic rings. The van der Waals surface area contributed by atoms with Gasteiger partial charge in [-0.15, -0.1) is 0 Å². The van der Waals surface area contributed by atoms with Crippen molar-refractivity contribution in [1.82, 2.24) is 0 Å². The van der Waals surface area contributed by atoms with Crippen molar-refractivity contribution < 1.29 is 9.47 Å². The van der Waals surface area contributed by atoms with Crippen LogP contribution in [0.25, 0.3) is 0 Å². The number of ether oxygens (including phenoxy) is 2. The summed E-state index contributed by atoms with van der Waals surface area (Å²) in [7, 11) is 0. The normalized spacial score (nSPS) is 52.5. The predicted octanol–water partition coefficient (Wildman–Crippen LogP) is 8.28. The van der Waals surface area contributed by atoms with Crippen LogP contribution in [0.15, 0.2) is 0 Å². The molecule has 2 heteroatoms. The number of rotatable bonds is 5. The number of hydrogen-bond donors (Lipinski definition) is 0. The first kappa shape index (κ1) is 24.6. The maximum absolute atomic E-state index is 6.55. The summed E-state index contributed by atoms with van der Waals surface area (Å²) in [6.45, 7) is 19.1. The van der Waals surface area contributed by atoms with Gasteiger partial charge in [-0.2, -0.15) is 0 Å². The van der Waals surface area contributed by atoms with Crippen LogP contribution in [-0.4, -0.2) is 24.4 Å². The van der Waals surface area contributed by atoms with E-state index >= 15 is 0 Å². The topological polar surface area (TPSA) is 18.5 Å². The fraction of sp³-hybridized carbons (Fsp3) is 1.00. The van der Waals surface area contributed by atoms with Gasteiger partial charge in [0.25, 0.3) is 0 Å². The lowest BCUT2D eigenvalue weighted by Crippen LogP contribution is -2.67. The lowest BCUT2D eigenvalue weighted by Gasteiger charge is -2.66.